The summed E-state index contributed by atoms with van der Waals surface area (Å²) in [7, 11) is 1.46. The molecular weight excluding hydrogens is 737 g/mol. The molecule has 0 rings (SSSR count). The second-order valence-electron chi connectivity index (χ2n) is 16.4. The molecule has 332 valence electrons. The fourth-order valence-electron chi connectivity index (χ4n) is 6.06. The maximum atomic E-state index is 12.7. The Bertz CT molecular complexity index is 1110. The molecule has 0 radical (unpaired) electrons. The summed E-state index contributed by atoms with van der Waals surface area (Å²) in [5.41, 5.74) is 0. The summed E-state index contributed by atoms with van der Waals surface area (Å²) in [6.45, 7) is 4.29. The molecule has 0 aliphatic heterocycles. The van der Waals surface area contributed by atoms with E-state index in [2.05, 4.69) is 62.5 Å². The average Bonchev–Trinajstić information content (AvgIpc) is 3.16. The Balaban J connectivity index is 4.37. The Morgan fingerprint density at radius 3 is 1.49 bits per heavy atom. The van der Waals surface area contributed by atoms with Crippen LogP contribution < -0.4 is 0 Å². The normalized spacial score (nSPS) is 14.0. The van der Waals surface area contributed by atoms with Gasteiger partial charge in [0.25, 0.3) is 0 Å². The van der Waals surface area contributed by atoms with E-state index in [1.807, 2.05) is 21.1 Å². The quantitative estimate of drug-likeness (QED) is 0.0213. The van der Waals surface area contributed by atoms with Crippen LogP contribution in [-0.2, 0) is 32.7 Å². The molecule has 0 fully saturated rings. The van der Waals surface area contributed by atoms with E-state index in [9.17, 15) is 19.0 Å². The molecule has 0 heterocycles. The number of carbonyl (C=O) groups is 2. The van der Waals surface area contributed by atoms with Crippen molar-refractivity contribution in [1.29, 1.82) is 0 Å². The zero-order chi connectivity index (χ0) is 42.1. The molecule has 0 saturated heterocycles. The van der Waals surface area contributed by atoms with E-state index >= 15 is 0 Å². The summed E-state index contributed by atoms with van der Waals surface area (Å²) in [5.74, 6) is -0.823. The number of phosphoric ester groups is 1. The van der Waals surface area contributed by atoms with Crippen molar-refractivity contribution in [2.24, 2.45) is 0 Å². The third-order valence-electron chi connectivity index (χ3n) is 9.62. The van der Waals surface area contributed by atoms with E-state index in [0.717, 1.165) is 70.6 Å². The van der Waals surface area contributed by atoms with Gasteiger partial charge in [0.05, 0.1) is 27.7 Å². The van der Waals surface area contributed by atoms with Gasteiger partial charge in [-0.3, -0.25) is 18.6 Å². The summed E-state index contributed by atoms with van der Waals surface area (Å²) < 4.78 is 34.3. The number of hydrogen-bond acceptors (Lipinski definition) is 7. The number of allylic oxidation sites excluding steroid dienone is 8. The number of carbonyl (C=O) groups excluding carboxylic acids is 2. The van der Waals surface area contributed by atoms with Crippen molar-refractivity contribution in [3.63, 3.8) is 0 Å². The third-order valence-corrected chi connectivity index (χ3v) is 10.6. The first-order valence-electron chi connectivity index (χ1n) is 22.9. The lowest BCUT2D eigenvalue weighted by Gasteiger charge is -2.24. The van der Waals surface area contributed by atoms with Crippen molar-refractivity contribution in [2.75, 3.05) is 47.5 Å². The van der Waals surface area contributed by atoms with E-state index < -0.39 is 26.5 Å². The van der Waals surface area contributed by atoms with Gasteiger partial charge in [-0.05, 0) is 51.4 Å². The van der Waals surface area contributed by atoms with Gasteiger partial charge in [-0.15, -0.1) is 0 Å². The van der Waals surface area contributed by atoms with Crippen LogP contribution in [0.1, 0.15) is 187 Å². The Labute approximate surface area is 350 Å². The van der Waals surface area contributed by atoms with Crippen LogP contribution in [0.25, 0.3) is 0 Å². The van der Waals surface area contributed by atoms with Crippen LogP contribution >= 0.6 is 7.82 Å². The molecule has 0 saturated carbocycles. The van der Waals surface area contributed by atoms with Crippen molar-refractivity contribution >= 4 is 19.8 Å². The van der Waals surface area contributed by atoms with Crippen LogP contribution in [-0.4, -0.2) is 74.9 Å². The smallest absolute Gasteiger partial charge is 0.462 e. The largest absolute Gasteiger partial charge is 0.472 e. The molecule has 2 atom stereocenters. The van der Waals surface area contributed by atoms with Gasteiger partial charge in [0.2, 0.25) is 0 Å². The van der Waals surface area contributed by atoms with E-state index in [1.165, 1.54) is 83.5 Å². The highest BCUT2D eigenvalue weighted by molar-refractivity contribution is 7.47. The summed E-state index contributed by atoms with van der Waals surface area (Å²) in [6.07, 6.45) is 45.8. The fourth-order valence-corrected chi connectivity index (χ4v) is 6.81. The molecule has 1 N–H and O–H groups in total. The number of rotatable bonds is 41. The molecule has 0 aromatic carbocycles. The molecule has 0 aliphatic carbocycles. The third kappa shape index (κ3) is 43.4. The number of ether oxygens (including phenoxy) is 2. The topological polar surface area (TPSA) is 108 Å². The molecule has 10 heteroatoms. The number of unbranched alkanes of at least 4 members (excludes halogenated alkanes) is 19. The van der Waals surface area contributed by atoms with E-state index in [4.69, 9.17) is 18.5 Å². The van der Waals surface area contributed by atoms with Crippen LogP contribution in [0.4, 0.5) is 0 Å². The maximum absolute atomic E-state index is 12.7. The van der Waals surface area contributed by atoms with Crippen LogP contribution in [0.5, 0.6) is 0 Å². The number of likely N-dealkylation sites (N-methyl/N-ethyl adjacent to an activating group) is 1. The van der Waals surface area contributed by atoms with Crippen LogP contribution in [0, 0.1) is 0 Å². The number of esters is 2. The predicted octanol–water partition coefficient (Wildman–Crippen LogP) is 13.1. The first kappa shape index (κ1) is 55.0. The number of quaternary nitrogens is 1. The van der Waals surface area contributed by atoms with E-state index in [1.54, 1.807) is 0 Å². The second-order valence-corrected chi connectivity index (χ2v) is 17.9. The molecule has 0 spiro atoms. The Kier molecular flexibility index (Phi) is 38.0. The molecule has 0 aromatic heterocycles. The molecule has 0 amide bonds. The van der Waals surface area contributed by atoms with Crippen molar-refractivity contribution in [1.82, 2.24) is 0 Å². The van der Waals surface area contributed by atoms with Gasteiger partial charge in [0, 0.05) is 12.8 Å². The van der Waals surface area contributed by atoms with Crippen molar-refractivity contribution in [3.05, 3.63) is 48.6 Å². The zero-order valence-electron chi connectivity index (χ0n) is 37.3. The minimum absolute atomic E-state index is 0.0261. The fraction of sp³-hybridized carbons (Fsp3) is 0.787. The highest BCUT2D eigenvalue weighted by Crippen LogP contribution is 2.43. The first-order chi connectivity index (χ1) is 27.5. The molecule has 9 nitrogen and oxygen atoms in total. The van der Waals surface area contributed by atoms with Gasteiger partial charge >= 0.3 is 19.8 Å². The van der Waals surface area contributed by atoms with Crippen LogP contribution in [0.15, 0.2) is 48.6 Å². The molecule has 0 aliphatic rings. The molecular formula is C47H87NO8P+. The molecule has 57 heavy (non-hydrogen) atoms. The van der Waals surface area contributed by atoms with Gasteiger partial charge in [-0.1, -0.05) is 172 Å². The second kappa shape index (κ2) is 39.4. The van der Waals surface area contributed by atoms with Gasteiger partial charge in [-0.25, -0.2) is 4.57 Å². The Hall–Kier alpha value is -2.03. The van der Waals surface area contributed by atoms with E-state index in [-0.39, 0.29) is 32.0 Å². The van der Waals surface area contributed by atoms with Gasteiger partial charge < -0.3 is 18.9 Å². The summed E-state index contributed by atoms with van der Waals surface area (Å²) in [4.78, 5) is 35.4. The average molecular weight is 825 g/mol. The predicted molar refractivity (Wildman–Crippen MR) is 238 cm³/mol. The zero-order valence-corrected chi connectivity index (χ0v) is 38.2. The maximum Gasteiger partial charge on any atom is 0.472 e. The summed E-state index contributed by atoms with van der Waals surface area (Å²) in [5, 5.41) is 0. The minimum Gasteiger partial charge on any atom is -0.462 e. The molecule has 0 bridgehead atoms. The van der Waals surface area contributed by atoms with Crippen LogP contribution in [0.2, 0.25) is 0 Å². The van der Waals surface area contributed by atoms with Crippen molar-refractivity contribution in [2.45, 2.75) is 193 Å². The first-order valence-corrected chi connectivity index (χ1v) is 24.4. The SMILES string of the molecule is CC/C=C\C/C=C\C/C=C\C/C=C\CCCCCCC(=O)OC(COC(=O)CCCCCCCCCCCCCCCCCC)COP(=O)(O)OCC[N+](C)(C)C. The number of phosphoric acid groups is 1. The lowest BCUT2D eigenvalue weighted by Crippen LogP contribution is -2.37. The monoisotopic (exact) mass is 825 g/mol. The minimum atomic E-state index is -4.38. The van der Waals surface area contributed by atoms with E-state index in [0.29, 0.717) is 17.4 Å². The summed E-state index contributed by atoms with van der Waals surface area (Å²) in [6, 6.07) is 0. The van der Waals surface area contributed by atoms with Gasteiger partial charge in [0.15, 0.2) is 6.10 Å². The highest BCUT2D eigenvalue weighted by atomic mass is 31.2. The summed E-state index contributed by atoms with van der Waals surface area (Å²) >= 11 is 0. The van der Waals surface area contributed by atoms with Crippen molar-refractivity contribution < 1.29 is 42.1 Å². The lowest BCUT2D eigenvalue weighted by molar-refractivity contribution is -0.870. The number of hydrogen-bond donors (Lipinski definition) is 1. The molecule has 2 unspecified atom stereocenters. The molecule has 0 aromatic rings. The number of nitrogens with zero attached hydrogens (tertiary/aromatic N) is 1. The standard InChI is InChI=1S/C47H86NO8P/c1-6-8-10-12-14-16-18-20-22-24-26-28-30-32-34-36-38-40-47(50)56-45(44-55-57(51,52)54-42-41-48(3,4)5)43-53-46(49)39-37-35-33-31-29-27-25-23-21-19-17-15-13-11-9-7-2/h8,10,14,16,20,22,26,28,45H,6-7,9,11-13,15,17-19,21,23-25,27,29-44H2,1-5H3/p+1/b10-8-,16-14-,22-20-,28-26-. The highest BCUT2D eigenvalue weighted by Gasteiger charge is 2.27. The Morgan fingerprint density at radius 2 is 1.00 bits per heavy atom. The Morgan fingerprint density at radius 1 is 0.561 bits per heavy atom. The van der Waals surface area contributed by atoms with Gasteiger partial charge in [-0.2, -0.15) is 0 Å². The van der Waals surface area contributed by atoms with Crippen LogP contribution in [0.3, 0.4) is 0 Å². The van der Waals surface area contributed by atoms with Gasteiger partial charge in [0.1, 0.15) is 19.8 Å². The van der Waals surface area contributed by atoms with Crippen molar-refractivity contribution in [3.8, 4) is 0 Å². The lowest BCUT2D eigenvalue weighted by atomic mass is 10.0.